The second-order valence-electron chi connectivity index (χ2n) is 44.1. The number of hydrogen-bond donors (Lipinski definition) is 0. The second kappa shape index (κ2) is 22.8. The summed E-state index contributed by atoms with van der Waals surface area (Å²) in [6.07, 6.45) is 26.3. The Morgan fingerprint density at radius 3 is 1.47 bits per heavy atom. The quantitative estimate of drug-likeness (QED) is 0.0111. The number of allylic oxidation sites excluding steroid dienone is 4. The van der Waals surface area contributed by atoms with Crippen LogP contribution in [0.1, 0.15) is 136 Å². The van der Waals surface area contributed by atoms with Gasteiger partial charge in [-0.05, 0) is 294 Å². The van der Waals surface area contributed by atoms with Crippen LogP contribution in [0.4, 0.5) is 0 Å². The maximum Gasteiger partial charge on any atom is 0.324 e. The number of carbonyl (C=O) groups excluding carboxylic acids is 4. The van der Waals surface area contributed by atoms with Gasteiger partial charge in [-0.15, -0.1) is 0 Å². The van der Waals surface area contributed by atoms with E-state index in [0.29, 0.717) is 197 Å². The van der Waals surface area contributed by atoms with Gasteiger partial charge in [0, 0.05) is 27.1 Å². The third kappa shape index (κ3) is 8.20. The average Bonchev–Trinajstić information content (AvgIpc) is 1.36. The van der Waals surface area contributed by atoms with E-state index in [1.165, 1.54) is 19.3 Å². The lowest BCUT2D eigenvalue weighted by atomic mass is 9.31. The Morgan fingerprint density at radius 2 is 0.916 bits per heavy atom. The molecular weight excluding hydrogens is 1390 g/mol. The Bertz CT molecular complexity index is 4120. The molecule has 21 aliphatic carbocycles. The number of rotatable bonds is 34. The van der Waals surface area contributed by atoms with E-state index in [9.17, 15) is 25.9 Å². The van der Waals surface area contributed by atoms with Gasteiger partial charge in [-0.25, -0.2) is 16.8 Å². The minimum absolute atomic E-state index is 0.121. The van der Waals surface area contributed by atoms with Crippen molar-refractivity contribution >= 4 is 44.1 Å². The molecule has 19 saturated carbocycles. The number of esters is 4. The molecule has 36 atom stereocenters. The van der Waals surface area contributed by atoms with E-state index >= 15 is 19.2 Å². The first kappa shape index (κ1) is 71.8. The van der Waals surface area contributed by atoms with E-state index in [-0.39, 0.29) is 91.1 Å². The van der Waals surface area contributed by atoms with Crippen LogP contribution in [-0.2, 0) is 58.4 Å². The van der Waals surface area contributed by atoms with Crippen LogP contribution in [0.2, 0.25) is 0 Å². The second-order valence-corrected chi connectivity index (χ2v) is 47.2. The lowest BCUT2D eigenvalue weighted by molar-refractivity contribution is -0.890. The first-order valence-electron chi connectivity index (χ1n) is 44.1. The number of unbranched alkanes of at least 4 members (excludes halogenated alkanes) is 4. The molecule has 0 saturated heterocycles. The van der Waals surface area contributed by atoms with Crippen LogP contribution in [0.5, 0.6) is 0 Å². The molecule has 0 aliphatic heterocycles. The van der Waals surface area contributed by atoms with E-state index < -0.39 is 64.2 Å². The molecular formula is C87H128N4O14S2+2. The molecule has 590 valence electrons. The van der Waals surface area contributed by atoms with Crippen LogP contribution in [0, 0.1) is 210 Å². The zero-order chi connectivity index (χ0) is 74.4. The van der Waals surface area contributed by atoms with Crippen LogP contribution in [0.15, 0.2) is 23.8 Å². The average molecular weight is 1520 g/mol. The number of quaternary nitrogens is 4. The topological polar surface area (TPSA) is 220 Å². The summed E-state index contributed by atoms with van der Waals surface area (Å²) in [6.45, 7) is 11.3. The molecule has 4 spiro atoms. The predicted octanol–water partition coefficient (Wildman–Crippen LogP) is 9.55. The molecule has 21 rings (SSSR count). The highest BCUT2D eigenvalue weighted by molar-refractivity contribution is 7.85. The molecule has 36 unspecified atom stereocenters. The molecule has 107 heavy (non-hydrogen) atoms. The number of hydrogen-bond acceptors (Lipinski definition) is 14. The summed E-state index contributed by atoms with van der Waals surface area (Å²) < 4.78 is 102. The van der Waals surface area contributed by atoms with Crippen molar-refractivity contribution in [1.82, 2.24) is 0 Å². The Kier molecular flexibility index (Phi) is 15.3. The molecule has 19 fully saturated rings. The smallest absolute Gasteiger partial charge is 0.324 e. The molecule has 0 aromatic rings. The summed E-state index contributed by atoms with van der Waals surface area (Å²) in [5.41, 5.74) is -3.89. The van der Waals surface area contributed by atoms with Gasteiger partial charge in [0.2, 0.25) is 0 Å². The molecule has 0 bridgehead atoms. The van der Waals surface area contributed by atoms with Gasteiger partial charge in [0.05, 0.1) is 147 Å². The van der Waals surface area contributed by atoms with Crippen LogP contribution in [0.3, 0.4) is 0 Å². The Labute approximate surface area is 638 Å². The van der Waals surface area contributed by atoms with Crippen molar-refractivity contribution in [3.8, 4) is 0 Å². The maximum atomic E-state index is 17.3. The normalized spacial score (nSPS) is 51.5. The molecule has 0 N–H and O–H groups in total. The fraction of sp³-hybridized carbons (Fsp3) is 0.908. The van der Waals surface area contributed by atoms with Gasteiger partial charge in [0.1, 0.15) is 20.2 Å². The van der Waals surface area contributed by atoms with Crippen molar-refractivity contribution in [2.45, 2.75) is 136 Å². The molecule has 18 nitrogen and oxygen atoms in total. The number of ether oxygens (including phenoxy) is 4. The lowest BCUT2D eigenvalue weighted by Gasteiger charge is -2.72. The predicted molar refractivity (Wildman–Crippen MR) is 395 cm³/mol. The van der Waals surface area contributed by atoms with E-state index in [2.05, 4.69) is 60.3 Å². The van der Waals surface area contributed by atoms with Crippen molar-refractivity contribution in [3.05, 3.63) is 23.8 Å². The molecule has 20 heteroatoms. The van der Waals surface area contributed by atoms with Crippen LogP contribution in [-0.4, -0.2) is 214 Å². The van der Waals surface area contributed by atoms with Crippen molar-refractivity contribution in [1.29, 1.82) is 0 Å². The highest BCUT2D eigenvalue weighted by Crippen LogP contribution is 3.12. The molecule has 0 amide bonds. The summed E-state index contributed by atoms with van der Waals surface area (Å²) in [5.74, 6) is 9.83. The standard InChI is InChI=1S/C87H128N4O14S2/c1-11-27-88(3,4)29-13-17-35-102-77(92)85(78(93)103-36-19-15-31-90(7,8)33-39-106(96,97)98)82-26-24-49-43-50-42-48-23-25-81-46-53-45-52-44-51-41-47-21-22-54(82)59-55(47)60-56(51)67-70-63-62(60)68(59)75-69-64(63)65-61(57(50)66(69)72(49)83(75,82)85)58(48)74(81)71(65)76(70)84(73(52)67)86(87(53,81)84,79(94)104-37-18-14-30-89(5,6)28-12-2)80(95)105-38-20-16-32-91(9,10)34-40-107(99,100)101/h23,25,44,47-51,53-76H,11-22,24,26-43,45-46H2,1-10H3/q+2. The monoisotopic (exact) mass is 1520 g/mol. The van der Waals surface area contributed by atoms with Gasteiger partial charge < -0.3 is 46.0 Å². The minimum atomic E-state index is -4.38. The Morgan fingerprint density at radius 1 is 0.449 bits per heavy atom. The van der Waals surface area contributed by atoms with Gasteiger partial charge in [0.25, 0.3) is 0 Å². The van der Waals surface area contributed by atoms with Gasteiger partial charge in [-0.1, -0.05) is 37.6 Å². The zero-order valence-corrected chi connectivity index (χ0v) is 67.8. The van der Waals surface area contributed by atoms with E-state index in [0.717, 1.165) is 112 Å². The molecule has 0 aromatic heterocycles. The first-order valence-corrected chi connectivity index (χ1v) is 47.2. The summed E-state index contributed by atoms with van der Waals surface area (Å²) in [7, 11) is 8.32. The van der Waals surface area contributed by atoms with Crippen LogP contribution >= 0.6 is 0 Å². The third-order valence-electron chi connectivity index (χ3n) is 39.6. The maximum absolute atomic E-state index is 17.3. The van der Waals surface area contributed by atoms with E-state index in [1.807, 2.05) is 28.2 Å². The van der Waals surface area contributed by atoms with E-state index in [1.54, 1.807) is 5.57 Å². The highest BCUT2D eigenvalue weighted by Gasteiger charge is 3.14. The largest absolute Gasteiger partial charge is 0.748 e. The van der Waals surface area contributed by atoms with Gasteiger partial charge in [0.15, 0.2) is 10.8 Å². The van der Waals surface area contributed by atoms with Gasteiger partial charge in [-0.2, -0.15) is 0 Å². The van der Waals surface area contributed by atoms with Crippen LogP contribution in [0.25, 0.3) is 0 Å². The fourth-order valence-electron chi connectivity index (χ4n) is 39.4. The molecule has 21 aliphatic rings. The summed E-state index contributed by atoms with van der Waals surface area (Å²) in [4.78, 5) is 69.2. The Balaban J connectivity index is 0.714. The summed E-state index contributed by atoms with van der Waals surface area (Å²) >= 11 is 0. The van der Waals surface area contributed by atoms with Crippen molar-refractivity contribution in [2.75, 3.05) is 147 Å². The SMILES string of the molecule is CCC[N+](C)(C)CCCCOC(=O)C1(C(=O)OCCCC[N+](C)(C)CCS(=O)(=O)[O-])C23CCC4CC5CC6C=CC78CC9CC%10=CC%11CC%12CCC2C2C%12C%12C%11C%11C%13C%14C%12C2C2C%12C%14C%14C(C5C%12C4C213)C6C7C%14C%13C1(C%10%11)C(C(=O)OCCCC[N+](C)(C)CCC)(C(=O)OCCCC[N+](C)(C)CCS(=O)(=O)[O-])C981. The number of carbonyl (C=O) groups is 4. The Hall–Kier alpha value is -2.98. The first-order chi connectivity index (χ1) is 50.8. The summed E-state index contributed by atoms with van der Waals surface area (Å²) in [5, 5.41) is 0. The van der Waals surface area contributed by atoms with Crippen molar-refractivity contribution < 1.29 is 82.0 Å². The summed E-state index contributed by atoms with van der Waals surface area (Å²) in [6, 6.07) is 0. The van der Waals surface area contributed by atoms with Crippen molar-refractivity contribution in [3.63, 3.8) is 0 Å². The highest BCUT2D eigenvalue weighted by atomic mass is 32.2. The zero-order valence-electron chi connectivity index (χ0n) is 66.1. The van der Waals surface area contributed by atoms with Crippen LogP contribution < -0.4 is 0 Å². The third-order valence-corrected chi connectivity index (χ3v) is 40.9. The fourth-order valence-corrected chi connectivity index (χ4v) is 40.8. The number of nitrogens with zero attached hydrogens (tertiary/aromatic N) is 4. The molecule has 0 aromatic carbocycles. The van der Waals surface area contributed by atoms with Gasteiger partial charge >= 0.3 is 23.9 Å². The lowest BCUT2D eigenvalue weighted by Crippen LogP contribution is -2.69. The van der Waals surface area contributed by atoms with E-state index in [4.69, 9.17) is 18.9 Å². The molecule has 0 radical (unpaired) electrons. The molecule has 0 heterocycles. The van der Waals surface area contributed by atoms with Gasteiger partial charge in [-0.3, -0.25) is 19.2 Å². The minimum Gasteiger partial charge on any atom is -0.748 e. The van der Waals surface area contributed by atoms with Crippen molar-refractivity contribution in [2.24, 2.45) is 210 Å².